The van der Waals surface area contributed by atoms with E-state index in [-0.39, 0.29) is 30.0 Å². The van der Waals surface area contributed by atoms with Gasteiger partial charge < -0.3 is 4.90 Å². The van der Waals surface area contributed by atoms with Crippen LogP contribution < -0.4 is 4.90 Å². The third-order valence-electron chi connectivity index (χ3n) is 10.8. The highest BCUT2D eigenvalue weighted by Gasteiger charge is 2.52. The molecule has 2 aromatic carbocycles. The number of benzene rings is 2. The normalized spacial score (nSPS) is 23.9. The maximum absolute atomic E-state index is 12.1. The molecule has 0 amide bonds. The molecule has 14 nitrogen and oxygen atoms in total. The lowest BCUT2D eigenvalue weighted by molar-refractivity contribution is -0.438. The molecule has 288 valence electrons. The predicted octanol–water partition coefficient (Wildman–Crippen LogP) is 6.16. The number of hydrogen-bond acceptors (Lipinski definition) is 11. The molecule has 0 aromatic heterocycles. The minimum absolute atomic E-state index is 0.128. The van der Waals surface area contributed by atoms with Gasteiger partial charge in [-0.1, -0.05) is 23.3 Å². The fraction of sp³-hybridized carbons (Fsp3) is 0.457. The molecular weight excluding hydrogens is 769 g/mol. The van der Waals surface area contributed by atoms with Crippen LogP contribution in [0.3, 0.4) is 0 Å². The average molecular weight is 812 g/mol. The molecule has 2 heterocycles. The Hall–Kier alpha value is -2.91. The van der Waals surface area contributed by atoms with E-state index >= 15 is 0 Å². The van der Waals surface area contributed by atoms with Gasteiger partial charge in [-0.05, 0) is 100 Å². The van der Waals surface area contributed by atoms with Crippen LogP contribution in [0.25, 0.3) is 0 Å². The third-order valence-corrected chi connectivity index (χ3v) is 13.8. The Morgan fingerprint density at radius 3 is 2.28 bits per heavy atom. The summed E-state index contributed by atoms with van der Waals surface area (Å²) in [5, 5.41) is 12.5. The van der Waals surface area contributed by atoms with Gasteiger partial charge in [0.1, 0.15) is 6.54 Å². The van der Waals surface area contributed by atoms with Gasteiger partial charge in [0.15, 0.2) is 5.71 Å². The Kier molecular flexibility index (Phi) is 11.2. The standard InChI is InChI=1S/C35H42N2O12S4/c1-34-16-4-10-24(32(34)36(18-6-20-51(39,40)41)30-14-12-26(22-28(30)34)50-49-48-38)8-3-9-25-11-5-17-35(2)29-23-27(53(45,46)47)13-15-31(29)37(33(25)35)19-7-21-52(42,43)44/h3,8-9,12-15,22-23H,4-7,10-11,16-21H2,1-2H3,(H3-,38,39,40,41,42,43,44,45,46,47)/p+1. The number of anilines is 1. The van der Waals surface area contributed by atoms with Gasteiger partial charge in [-0.15, -0.1) is 4.33 Å². The van der Waals surface area contributed by atoms with Crippen LogP contribution in [0.15, 0.2) is 81.3 Å². The number of rotatable bonds is 14. The Morgan fingerprint density at radius 1 is 0.887 bits per heavy atom. The highest BCUT2D eigenvalue weighted by Crippen LogP contribution is 2.55. The fourth-order valence-corrected chi connectivity index (χ4v) is 10.6. The lowest BCUT2D eigenvalue weighted by atomic mass is 9.68. The second-order valence-corrected chi connectivity index (χ2v) is 19.6. The molecular formula is C35H43N2O12S4+. The van der Waals surface area contributed by atoms with E-state index in [4.69, 9.17) is 5.26 Å². The van der Waals surface area contributed by atoms with Crippen molar-refractivity contribution in [3.63, 3.8) is 0 Å². The fourth-order valence-electron chi connectivity index (χ4n) is 8.69. The van der Waals surface area contributed by atoms with E-state index < -0.39 is 46.9 Å². The van der Waals surface area contributed by atoms with Gasteiger partial charge in [0, 0.05) is 51.9 Å². The first-order chi connectivity index (χ1) is 24.9. The molecule has 0 spiro atoms. The zero-order chi connectivity index (χ0) is 38.4. The summed E-state index contributed by atoms with van der Waals surface area (Å²) >= 11 is 0.857. The summed E-state index contributed by atoms with van der Waals surface area (Å²) in [5.74, 6) is -0.825. The van der Waals surface area contributed by atoms with Gasteiger partial charge in [0.05, 0.1) is 33.9 Å². The molecule has 0 radical (unpaired) electrons. The lowest BCUT2D eigenvalue weighted by Gasteiger charge is -2.36. The van der Waals surface area contributed by atoms with E-state index in [2.05, 4.69) is 26.9 Å². The third kappa shape index (κ3) is 8.22. The van der Waals surface area contributed by atoms with Crippen LogP contribution in [0.2, 0.25) is 0 Å². The second-order valence-electron chi connectivity index (χ2n) is 14.3. The van der Waals surface area contributed by atoms with Crippen molar-refractivity contribution in [3.05, 3.63) is 82.6 Å². The number of nitrogens with zero attached hydrogens (tertiary/aromatic N) is 2. The topological polar surface area (TPSA) is 208 Å². The van der Waals surface area contributed by atoms with E-state index in [1.807, 2.05) is 42.2 Å². The molecule has 18 heteroatoms. The monoisotopic (exact) mass is 811 g/mol. The first-order valence-corrected chi connectivity index (χ1v) is 22.6. The molecule has 2 atom stereocenters. The van der Waals surface area contributed by atoms with Crippen molar-refractivity contribution in [3.8, 4) is 0 Å². The summed E-state index contributed by atoms with van der Waals surface area (Å²) in [4.78, 5) is 2.48. The smallest absolute Gasteiger partial charge is 0.294 e. The Bertz CT molecular complexity index is 2270. The Labute approximate surface area is 314 Å². The summed E-state index contributed by atoms with van der Waals surface area (Å²) in [7, 11) is -12.9. The van der Waals surface area contributed by atoms with Gasteiger partial charge in [-0.25, -0.2) is 5.26 Å². The van der Waals surface area contributed by atoms with Crippen LogP contribution in [0.5, 0.6) is 0 Å². The number of fused-ring (bicyclic) bond motifs is 6. The molecule has 0 saturated heterocycles. The van der Waals surface area contributed by atoms with Gasteiger partial charge in [0.2, 0.25) is 5.69 Å². The molecule has 4 N–H and O–H groups in total. The van der Waals surface area contributed by atoms with E-state index in [9.17, 15) is 38.9 Å². The van der Waals surface area contributed by atoms with Crippen LogP contribution in [0.1, 0.15) is 76.3 Å². The minimum Gasteiger partial charge on any atom is -0.344 e. The van der Waals surface area contributed by atoms with E-state index in [1.165, 1.54) is 12.1 Å². The van der Waals surface area contributed by atoms with Crippen molar-refractivity contribution in [2.24, 2.45) is 0 Å². The average Bonchev–Trinajstić information content (AvgIpc) is 3.47. The molecule has 6 rings (SSSR count). The minimum atomic E-state index is -4.48. The van der Waals surface area contributed by atoms with Crippen molar-refractivity contribution in [2.45, 2.75) is 85.8 Å². The molecule has 1 fully saturated rings. The van der Waals surface area contributed by atoms with Crippen molar-refractivity contribution >= 4 is 59.5 Å². The molecule has 2 aliphatic heterocycles. The van der Waals surface area contributed by atoms with Crippen LogP contribution in [0, 0.1) is 0 Å². The molecule has 53 heavy (non-hydrogen) atoms. The zero-order valence-electron chi connectivity index (χ0n) is 29.3. The van der Waals surface area contributed by atoms with Gasteiger partial charge in [0.25, 0.3) is 30.4 Å². The first-order valence-electron chi connectivity index (χ1n) is 17.2. The largest absolute Gasteiger partial charge is 0.344 e. The van der Waals surface area contributed by atoms with Crippen LogP contribution in [-0.4, -0.2) is 79.1 Å². The van der Waals surface area contributed by atoms with Crippen LogP contribution in [0.4, 0.5) is 11.4 Å². The van der Waals surface area contributed by atoms with E-state index in [1.54, 1.807) is 6.07 Å². The highest BCUT2D eigenvalue weighted by atomic mass is 32.2. The van der Waals surface area contributed by atoms with E-state index in [0.717, 1.165) is 77.1 Å². The second kappa shape index (κ2) is 15.0. The van der Waals surface area contributed by atoms with Crippen molar-refractivity contribution in [1.82, 2.24) is 0 Å². The molecule has 0 bridgehead atoms. The number of allylic oxidation sites excluding steroid dienone is 6. The quantitative estimate of drug-likeness (QED) is 0.0555. The highest BCUT2D eigenvalue weighted by molar-refractivity contribution is 7.94. The van der Waals surface area contributed by atoms with Crippen LogP contribution >= 0.6 is 12.0 Å². The summed E-state index contributed by atoms with van der Waals surface area (Å²) in [5.41, 5.74) is 6.28. The zero-order valence-corrected chi connectivity index (χ0v) is 32.5. The Morgan fingerprint density at radius 2 is 1.58 bits per heavy atom. The SMILES string of the molecule is CC12CCCC(/C=C/C=C3\CCCC4(C)C3=[N+](CCCS(=O)(=O)O)c3ccc(SOOO)cc34)=C1N(CCCS(=O)(=O)O)c1ccc(S(=O)(=O)O)cc12. The number of hydrogen-bond donors (Lipinski definition) is 4. The maximum atomic E-state index is 12.1. The van der Waals surface area contributed by atoms with Crippen molar-refractivity contribution < 1.29 is 58.1 Å². The van der Waals surface area contributed by atoms with Gasteiger partial charge >= 0.3 is 0 Å². The summed E-state index contributed by atoms with van der Waals surface area (Å²) in [6.07, 6.45) is 11.1. The van der Waals surface area contributed by atoms with Crippen molar-refractivity contribution in [1.29, 1.82) is 0 Å². The molecule has 4 aliphatic rings. The van der Waals surface area contributed by atoms with Crippen molar-refractivity contribution in [2.75, 3.05) is 29.5 Å². The first kappa shape index (κ1) is 39.8. The molecule has 2 aromatic rings. The molecule has 2 aliphatic carbocycles. The van der Waals surface area contributed by atoms with Crippen LogP contribution in [-0.2, 0) is 50.6 Å². The molecule has 1 saturated carbocycles. The summed E-state index contributed by atoms with van der Waals surface area (Å²) in [6.45, 7) is 4.77. The summed E-state index contributed by atoms with van der Waals surface area (Å²) < 4.78 is 106. The van der Waals surface area contributed by atoms with E-state index in [0.29, 0.717) is 30.0 Å². The molecule has 2 unspecified atom stereocenters. The lowest BCUT2D eigenvalue weighted by Crippen LogP contribution is -2.37. The van der Waals surface area contributed by atoms with Gasteiger partial charge in [-0.3, -0.25) is 13.7 Å². The maximum Gasteiger partial charge on any atom is 0.294 e. The Balaban J connectivity index is 1.41. The summed E-state index contributed by atoms with van der Waals surface area (Å²) in [6, 6.07) is 10.2. The van der Waals surface area contributed by atoms with Gasteiger partial charge in [-0.2, -0.15) is 29.8 Å². The predicted molar refractivity (Wildman–Crippen MR) is 199 cm³/mol.